The zero-order valence-corrected chi connectivity index (χ0v) is 21.9. The van der Waals surface area contributed by atoms with Gasteiger partial charge in [-0.15, -0.1) is 0 Å². The summed E-state index contributed by atoms with van der Waals surface area (Å²) in [4.78, 5) is 31.3. The summed E-state index contributed by atoms with van der Waals surface area (Å²) >= 11 is 1.53. The van der Waals surface area contributed by atoms with Crippen molar-refractivity contribution in [1.29, 1.82) is 0 Å². The van der Waals surface area contributed by atoms with E-state index >= 15 is 0 Å². The summed E-state index contributed by atoms with van der Waals surface area (Å²) in [5, 5.41) is 4.00. The van der Waals surface area contributed by atoms with Gasteiger partial charge in [0.2, 0.25) is 0 Å². The molecule has 0 atom stereocenters. The number of nitrogens with zero attached hydrogens (tertiary/aromatic N) is 2. The van der Waals surface area contributed by atoms with Crippen LogP contribution in [-0.4, -0.2) is 21.5 Å². The van der Waals surface area contributed by atoms with E-state index in [0.717, 1.165) is 16.8 Å². The minimum Gasteiger partial charge on any atom is -0.350 e. The number of thioether (sulfide) groups is 1. The average Bonchev–Trinajstić information content (AvgIpc) is 2.78. The number of fused-ring (bicyclic) bond motifs is 1. The molecule has 0 unspecified atom stereocenters. The van der Waals surface area contributed by atoms with Crippen LogP contribution < -0.4 is 10.9 Å². The van der Waals surface area contributed by atoms with Crippen molar-refractivity contribution in [1.82, 2.24) is 14.9 Å². The highest BCUT2D eigenvalue weighted by Crippen LogP contribution is 2.27. The third-order valence-electron chi connectivity index (χ3n) is 5.85. The molecule has 5 nitrogen and oxygen atoms in total. The second-order valence-corrected chi connectivity index (χ2v) is 10.4. The SMILES string of the molecule is Cc1cc(C)cc(-n2c(SCc3cc(C)ccc3C)nc3cc(C(=O)NC(C)C)ccc3c2=O)c1. The van der Waals surface area contributed by atoms with E-state index in [-0.39, 0.29) is 17.5 Å². The number of amides is 1. The Bertz CT molecular complexity index is 1470. The van der Waals surface area contributed by atoms with Gasteiger partial charge in [-0.3, -0.25) is 14.2 Å². The molecule has 0 saturated heterocycles. The fourth-order valence-electron chi connectivity index (χ4n) is 4.15. The number of carbonyl (C=O) groups is 1. The number of aromatic nitrogens is 2. The van der Waals surface area contributed by atoms with Gasteiger partial charge in [0, 0.05) is 17.4 Å². The molecule has 0 saturated carbocycles. The summed E-state index contributed by atoms with van der Waals surface area (Å²) in [6.45, 7) is 12.1. The van der Waals surface area contributed by atoms with Crippen molar-refractivity contribution in [3.63, 3.8) is 0 Å². The van der Waals surface area contributed by atoms with Crippen LogP contribution in [0.15, 0.2) is 64.5 Å². The van der Waals surface area contributed by atoms with Crippen LogP contribution in [0, 0.1) is 27.7 Å². The van der Waals surface area contributed by atoms with Crippen molar-refractivity contribution in [2.45, 2.75) is 58.5 Å². The number of nitrogens with one attached hydrogen (secondary N) is 1. The van der Waals surface area contributed by atoms with E-state index in [1.807, 2.05) is 39.8 Å². The molecule has 0 aliphatic rings. The van der Waals surface area contributed by atoms with Gasteiger partial charge in [0.05, 0.1) is 16.6 Å². The Labute approximate surface area is 210 Å². The molecule has 1 amide bonds. The van der Waals surface area contributed by atoms with Gasteiger partial charge in [0.25, 0.3) is 11.5 Å². The number of hydrogen-bond donors (Lipinski definition) is 1. The van der Waals surface area contributed by atoms with E-state index in [1.54, 1.807) is 22.8 Å². The smallest absolute Gasteiger partial charge is 0.266 e. The monoisotopic (exact) mass is 485 g/mol. The van der Waals surface area contributed by atoms with E-state index in [1.165, 1.54) is 28.5 Å². The van der Waals surface area contributed by atoms with Crippen molar-refractivity contribution < 1.29 is 4.79 Å². The topological polar surface area (TPSA) is 64.0 Å². The van der Waals surface area contributed by atoms with Crippen molar-refractivity contribution in [2.24, 2.45) is 0 Å². The second kappa shape index (κ2) is 10.1. The fraction of sp³-hybridized carbons (Fsp3) is 0.276. The lowest BCUT2D eigenvalue weighted by atomic mass is 10.1. The highest BCUT2D eigenvalue weighted by molar-refractivity contribution is 7.98. The molecular weight excluding hydrogens is 454 g/mol. The summed E-state index contributed by atoms with van der Waals surface area (Å²) in [6.07, 6.45) is 0. The molecule has 1 heterocycles. The first kappa shape index (κ1) is 24.7. The number of carbonyl (C=O) groups excluding carboxylic acids is 1. The summed E-state index contributed by atoms with van der Waals surface area (Å²) in [6, 6.07) is 17.6. The molecule has 0 aliphatic heterocycles. The molecule has 1 N–H and O–H groups in total. The highest BCUT2D eigenvalue weighted by atomic mass is 32.2. The van der Waals surface area contributed by atoms with Gasteiger partial charge in [-0.2, -0.15) is 0 Å². The zero-order valence-electron chi connectivity index (χ0n) is 21.1. The van der Waals surface area contributed by atoms with Gasteiger partial charge in [0.1, 0.15) is 0 Å². The van der Waals surface area contributed by atoms with Crippen LogP contribution in [-0.2, 0) is 5.75 Å². The third-order valence-corrected chi connectivity index (χ3v) is 6.83. The Morgan fingerprint density at radius 3 is 2.34 bits per heavy atom. The highest BCUT2D eigenvalue weighted by Gasteiger charge is 2.17. The van der Waals surface area contributed by atoms with E-state index in [4.69, 9.17) is 4.98 Å². The van der Waals surface area contributed by atoms with Crippen LogP contribution in [0.25, 0.3) is 16.6 Å². The molecule has 3 aromatic carbocycles. The lowest BCUT2D eigenvalue weighted by Gasteiger charge is -2.16. The summed E-state index contributed by atoms with van der Waals surface area (Å²) in [7, 11) is 0. The molecular formula is C29H31N3O2S. The zero-order chi connectivity index (χ0) is 25.3. The molecule has 1 aromatic heterocycles. The average molecular weight is 486 g/mol. The van der Waals surface area contributed by atoms with E-state index in [0.29, 0.717) is 27.4 Å². The van der Waals surface area contributed by atoms with Crippen LogP contribution in [0.1, 0.15) is 52.0 Å². The summed E-state index contributed by atoms with van der Waals surface area (Å²) in [5.41, 5.74) is 7.45. The molecule has 180 valence electrons. The number of aryl methyl sites for hydroxylation is 4. The summed E-state index contributed by atoms with van der Waals surface area (Å²) < 4.78 is 1.70. The molecule has 4 rings (SSSR count). The lowest BCUT2D eigenvalue weighted by molar-refractivity contribution is 0.0943. The first-order valence-electron chi connectivity index (χ1n) is 11.8. The van der Waals surface area contributed by atoms with Gasteiger partial charge in [-0.1, -0.05) is 41.6 Å². The maximum absolute atomic E-state index is 13.8. The van der Waals surface area contributed by atoms with Crippen molar-refractivity contribution in [2.75, 3.05) is 0 Å². The van der Waals surface area contributed by atoms with Gasteiger partial charge < -0.3 is 5.32 Å². The Morgan fingerprint density at radius 1 is 0.943 bits per heavy atom. The normalized spacial score (nSPS) is 11.3. The van der Waals surface area contributed by atoms with Gasteiger partial charge in [-0.25, -0.2) is 4.98 Å². The maximum Gasteiger partial charge on any atom is 0.266 e. The van der Waals surface area contributed by atoms with E-state index < -0.39 is 0 Å². The van der Waals surface area contributed by atoms with Gasteiger partial charge >= 0.3 is 0 Å². The predicted octanol–water partition coefficient (Wildman–Crippen LogP) is 6.05. The minimum absolute atomic E-state index is 0.0207. The van der Waals surface area contributed by atoms with Crippen molar-refractivity contribution >= 4 is 28.6 Å². The Morgan fingerprint density at radius 2 is 1.66 bits per heavy atom. The van der Waals surface area contributed by atoms with Crippen LogP contribution in [0.5, 0.6) is 0 Å². The molecule has 0 radical (unpaired) electrons. The van der Waals surface area contributed by atoms with Crippen molar-refractivity contribution in [3.8, 4) is 5.69 Å². The quantitative estimate of drug-likeness (QED) is 0.267. The van der Waals surface area contributed by atoms with E-state index in [9.17, 15) is 9.59 Å². The Balaban J connectivity index is 1.87. The molecule has 0 bridgehead atoms. The summed E-state index contributed by atoms with van der Waals surface area (Å²) in [5.74, 6) is 0.510. The van der Waals surface area contributed by atoms with Crippen LogP contribution >= 0.6 is 11.8 Å². The molecule has 6 heteroatoms. The second-order valence-electron chi connectivity index (χ2n) is 9.46. The van der Waals surface area contributed by atoms with Crippen LogP contribution in [0.3, 0.4) is 0 Å². The predicted molar refractivity (Wildman–Crippen MR) is 145 cm³/mol. The van der Waals surface area contributed by atoms with Gasteiger partial charge in [0.15, 0.2) is 5.16 Å². The fourth-order valence-corrected chi connectivity index (χ4v) is 5.23. The largest absolute Gasteiger partial charge is 0.350 e. The molecule has 35 heavy (non-hydrogen) atoms. The molecule has 0 fully saturated rings. The number of benzene rings is 3. The van der Waals surface area contributed by atoms with Crippen LogP contribution in [0.2, 0.25) is 0 Å². The van der Waals surface area contributed by atoms with Crippen LogP contribution in [0.4, 0.5) is 0 Å². The standard InChI is InChI=1S/C29H31N3O2S/c1-17(2)30-27(33)22-9-10-25-26(15-22)31-29(35-16-23-12-18(3)7-8-21(23)6)32(28(25)34)24-13-19(4)11-20(5)14-24/h7-15,17H,16H2,1-6H3,(H,30,33). The van der Waals surface area contributed by atoms with Gasteiger partial charge in [-0.05, 0) is 94.1 Å². The Kier molecular flexibility index (Phi) is 7.13. The number of hydrogen-bond acceptors (Lipinski definition) is 4. The third kappa shape index (κ3) is 5.49. The van der Waals surface area contributed by atoms with Crippen molar-refractivity contribution in [3.05, 3.63) is 98.3 Å². The number of rotatable bonds is 6. The molecule has 4 aromatic rings. The molecule has 0 spiro atoms. The van der Waals surface area contributed by atoms with E-state index in [2.05, 4.69) is 43.4 Å². The molecule has 0 aliphatic carbocycles. The first-order valence-corrected chi connectivity index (χ1v) is 12.8. The minimum atomic E-state index is -0.174. The first-order chi connectivity index (χ1) is 16.6. The Hall–Kier alpha value is -3.38. The maximum atomic E-state index is 13.8. The lowest BCUT2D eigenvalue weighted by Crippen LogP contribution is -2.30.